The van der Waals surface area contributed by atoms with Crippen molar-refractivity contribution in [2.45, 2.75) is 35.9 Å². The predicted molar refractivity (Wildman–Crippen MR) is 164 cm³/mol. The maximum Gasteiger partial charge on any atom is 0.311 e. The number of hydrogen-bond acceptors (Lipinski definition) is 5. The van der Waals surface area contributed by atoms with E-state index < -0.39 is 51.9 Å². The summed E-state index contributed by atoms with van der Waals surface area (Å²) in [6, 6.07) is 31.1. The zero-order chi connectivity index (χ0) is 29.9. The number of carbonyl (C=O) groups excluding carboxylic acids is 2. The van der Waals surface area contributed by atoms with Crippen LogP contribution < -0.4 is 5.32 Å². The highest BCUT2D eigenvalue weighted by molar-refractivity contribution is 9.10. The van der Waals surface area contributed by atoms with Crippen molar-refractivity contribution in [1.82, 2.24) is 9.62 Å². The first-order chi connectivity index (χ1) is 20.2. The minimum atomic E-state index is -4.32. The molecule has 1 N–H and O–H groups in total. The number of rotatable bonds is 8. The van der Waals surface area contributed by atoms with E-state index in [4.69, 9.17) is 4.74 Å². The first kappa shape index (κ1) is 29.7. The van der Waals surface area contributed by atoms with E-state index in [2.05, 4.69) is 21.2 Å². The highest BCUT2D eigenvalue weighted by Crippen LogP contribution is 2.52. The second-order valence-corrected chi connectivity index (χ2v) is 13.0. The van der Waals surface area contributed by atoms with Gasteiger partial charge in [-0.3, -0.25) is 9.59 Å². The standard InChI is InChI=1S/C33H31BrN2O5S/c1-22(23-12-6-3-7-13-23)35-32(37)31-28(24-14-8-4-9-15-24)29(33(38)41-2)30(25-16-10-5-11-17-25)36(31)42(39,40)27-20-18-26(34)19-21-27/h3-22,28-31H,1-2H3,(H,35,37). The fourth-order valence-electron chi connectivity index (χ4n) is 5.79. The van der Waals surface area contributed by atoms with Crippen LogP contribution in [0.5, 0.6) is 0 Å². The minimum absolute atomic E-state index is 0.0119. The predicted octanol–water partition coefficient (Wildman–Crippen LogP) is 6.01. The lowest BCUT2D eigenvalue weighted by atomic mass is 9.79. The summed E-state index contributed by atoms with van der Waals surface area (Å²) in [5.74, 6) is -2.95. The van der Waals surface area contributed by atoms with Crippen LogP contribution in [-0.2, 0) is 24.3 Å². The van der Waals surface area contributed by atoms with Crippen LogP contribution in [0.25, 0.3) is 0 Å². The summed E-state index contributed by atoms with van der Waals surface area (Å²) in [6.45, 7) is 1.85. The molecule has 0 bridgehead atoms. The van der Waals surface area contributed by atoms with Gasteiger partial charge in [0.15, 0.2) is 0 Å². The highest BCUT2D eigenvalue weighted by Gasteiger charge is 2.60. The maximum atomic E-state index is 14.6. The van der Waals surface area contributed by atoms with Crippen molar-refractivity contribution in [3.05, 3.63) is 136 Å². The summed E-state index contributed by atoms with van der Waals surface area (Å²) in [7, 11) is -3.04. The van der Waals surface area contributed by atoms with Crippen LogP contribution in [-0.4, -0.2) is 37.8 Å². The number of nitrogens with zero attached hydrogens (tertiary/aromatic N) is 1. The summed E-state index contributed by atoms with van der Waals surface area (Å²) >= 11 is 3.37. The Bertz CT molecular complexity index is 1630. The van der Waals surface area contributed by atoms with Crippen LogP contribution in [0.4, 0.5) is 0 Å². The molecule has 0 saturated carbocycles. The number of sulfonamides is 1. The Balaban J connectivity index is 1.74. The topological polar surface area (TPSA) is 92.8 Å². The number of ether oxygens (including phenoxy) is 1. The van der Waals surface area contributed by atoms with Crippen molar-refractivity contribution in [3.63, 3.8) is 0 Å². The molecule has 1 saturated heterocycles. The number of methoxy groups -OCH3 is 1. The van der Waals surface area contributed by atoms with Gasteiger partial charge < -0.3 is 10.1 Å². The molecule has 0 aliphatic carbocycles. The molecule has 4 aromatic carbocycles. The number of hydrogen-bond donors (Lipinski definition) is 1. The number of amides is 1. The second-order valence-electron chi connectivity index (χ2n) is 10.2. The highest BCUT2D eigenvalue weighted by atomic mass is 79.9. The quantitative estimate of drug-likeness (QED) is 0.237. The Labute approximate surface area is 254 Å². The Hall–Kier alpha value is -3.79. The summed E-state index contributed by atoms with van der Waals surface area (Å²) in [6.07, 6.45) is 0. The SMILES string of the molecule is COC(=O)C1C(c2ccccc2)C(C(=O)NC(C)c2ccccc2)N(S(=O)(=O)c2ccc(Br)cc2)C1c1ccccc1. The van der Waals surface area contributed by atoms with E-state index >= 15 is 0 Å². The molecule has 7 nitrogen and oxygen atoms in total. The summed E-state index contributed by atoms with van der Waals surface area (Å²) in [5.41, 5.74) is 2.11. The van der Waals surface area contributed by atoms with Crippen LogP contribution in [0.15, 0.2) is 125 Å². The first-order valence-corrected chi connectivity index (χ1v) is 15.8. The van der Waals surface area contributed by atoms with Gasteiger partial charge in [-0.05, 0) is 47.9 Å². The third-order valence-electron chi connectivity index (χ3n) is 7.73. The van der Waals surface area contributed by atoms with E-state index in [9.17, 15) is 18.0 Å². The molecular weight excluding hydrogens is 616 g/mol. The van der Waals surface area contributed by atoms with Gasteiger partial charge in [-0.15, -0.1) is 0 Å². The molecule has 42 heavy (non-hydrogen) atoms. The van der Waals surface area contributed by atoms with Crippen molar-refractivity contribution in [2.75, 3.05) is 7.11 Å². The lowest BCUT2D eigenvalue weighted by Gasteiger charge is -2.31. The van der Waals surface area contributed by atoms with E-state index in [0.29, 0.717) is 15.6 Å². The molecule has 9 heteroatoms. The smallest absolute Gasteiger partial charge is 0.311 e. The van der Waals surface area contributed by atoms with Crippen LogP contribution in [0.1, 0.15) is 41.6 Å². The number of halogens is 1. The molecule has 1 amide bonds. The van der Waals surface area contributed by atoms with Gasteiger partial charge >= 0.3 is 5.97 Å². The van der Waals surface area contributed by atoms with Gasteiger partial charge in [0, 0.05) is 10.4 Å². The van der Waals surface area contributed by atoms with Gasteiger partial charge in [-0.1, -0.05) is 107 Å². The molecule has 216 valence electrons. The molecular formula is C33H31BrN2O5S. The molecule has 0 aromatic heterocycles. The van der Waals surface area contributed by atoms with Crippen LogP contribution in [0.2, 0.25) is 0 Å². The summed E-state index contributed by atoms with van der Waals surface area (Å²) < 4.78 is 36.5. The zero-order valence-corrected chi connectivity index (χ0v) is 25.5. The number of carbonyl (C=O) groups is 2. The van der Waals surface area contributed by atoms with Crippen molar-refractivity contribution >= 4 is 37.8 Å². The summed E-state index contributed by atoms with van der Waals surface area (Å²) in [5, 5.41) is 3.05. The minimum Gasteiger partial charge on any atom is -0.469 e. The fraction of sp³-hybridized carbons (Fsp3) is 0.212. The van der Waals surface area contributed by atoms with E-state index in [1.54, 1.807) is 36.4 Å². The van der Waals surface area contributed by atoms with Gasteiger partial charge in [0.05, 0.1) is 30.0 Å². The van der Waals surface area contributed by atoms with Gasteiger partial charge in [0.25, 0.3) is 0 Å². The molecule has 5 atom stereocenters. The largest absolute Gasteiger partial charge is 0.469 e. The molecule has 1 aliphatic rings. The Morgan fingerprint density at radius 1 is 0.810 bits per heavy atom. The van der Waals surface area contributed by atoms with Gasteiger partial charge in [-0.25, -0.2) is 8.42 Å². The Kier molecular flexibility index (Phi) is 8.91. The van der Waals surface area contributed by atoms with Crippen LogP contribution >= 0.6 is 15.9 Å². The lowest BCUT2D eigenvalue weighted by Crippen LogP contribution is -2.49. The molecule has 5 rings (SSSR count). The summed E-state index contributed by atoms with van der Waals surface area (Å²) in [4.78, 5) is 28.1. The second kappa shape index (κ2) is 12.6. The first-order valence-electron chi connectivity index (χ1n) is 13.6. The normalized spacial score (nSPS) is 21.4. The maximum absolute atomic E-state index is 14.6. The van der Waals surface area contributed by atoms with Crippen LogP contribution in [0.3, 0.4) is 0 Å². The van der Waals surface area contributed by atoms with Crippen molar-refractivity contribution in [1.29, 1.82) is 0 Å². The monoisotopic (exact) mass is 646 g/mol. The molecule has 1 aliphatic heterocycles. The van der Waals surface area contributed by atoms with Gasteiger partial charge in [-0.2, -0.15) is 4.31 Å². The zero-order valence-electron chi connectivity index (χ0n) is 23.1. The van der Waals surface area contributed by atoms with Crippen molar-refractivity contribution in [3.8, 4) is 0 Å². The van der Waals surface area contributed by atoms with E-state index in [0.717, 1.165) is 5.56 Å². The molecule has 4 aromatic rings. The van der Waals surface area contributed by atoms with Gasteiger partial charge in [0.1, 0.15) is 6.04 Å². The molecule has 0 spiro atoms. The number of nitrogens with one attached hydrogen (secondary N) is 1. The Morgan fingerprint density at radius 3 is 1.88 bits per heavy atom. The van der Waals surface area contributed by atoms with Crippen molar-refractivity contribution < 1.29 is 22.7 Å². The van der Waals surface area contributed by atoms with E-state index in [-0.39, 0.29) is 4.90 Å². The number of benzene rings is 4. The molecule has 5 unspecified atom stereocenters. The lowest BCUT2D eigenvalue weighted by molar-refractivity contribution is -0.146. The third kappa shape index (κ3) is 5.77. The van der Waals surface area contributed by atoms with Crippen molar-refractivity contribution in [2.24, 2.45) is 5.92 Å². The van der Waals surface area contributed by atoms with E-state index in [1.807, 2.05) is 73.7 Å². The van der Waals surface area contributed by atoms with Crippen LogP contribution in [0, 0.1) is 5.92 Å². The molecule has 0 radical (unpaired) electrons. The fourth-order valence-corrected chi connectivity index (χ4v) is 7.86. The van der Waals surface area contributed by atoms with Gasteiger partial charge in [0.2, 0.25) is 15.9 Å². The molecule has 1 heterocycles. The Morgan fingerprint density at radius 2 is 1.33 bits per heavy atom. The molecule has 1 fully saturated rings. The van der Waals surface area contributed by atoms with E-state index in [1.165, 1.54) is 23.5 Å². The average Bonchev–Trinajstić information content (AvgIpc) is 3.39. The third-order valence-corrected chi connectivity index (χ3v) is 10.1. The average molecular weight is 648 g/mol. The number of esters is 1.